The van der Waals surface area contributed by atoms with E-state index in [2.05, 4.69) is 20.9 Å². The summed E-state index contributed by atoms with van der Waals surface area (Å²) in [6.07, 6.45) is 0.890. The summed E-state index contributed by atoms with van der Waals surface area (Å²) in [6, 6.07) is -0.337. The van der Waals surface area contributed by atoms with Gasteiger partial charge in [0.15, 0.2) is 5.96 Å². The molecule has 0 aliphatic carbocycles. The zero-order valence-electron chi connectivity index (χ0n) is 12.5. The molecule has 0 saturated carbocycles. The van der Waals surface area contributed by atoms with E-state index in [0.717, 1.165) is 19.6 Å². The number of aliphatic imine (C=N–C) groups is 1. The van der Waals surface area contributed by atoms with Crippen molar-refractivity contribution in [3.63, 3.8) is 0 Å². The third-order valence-corrected chi connectivity index (χ3v) is 2.75. The van der Waals surface area contributed by atoms with Crippen molar-refractivity contribution in [1.82, 2.24) is 20.9 Å². The minimum Gasteiger partial charge on any atom is -0.382 e. The van der Waals surface area contributed by atoms with Crippen LogP contribution in [-0.2, 0) is 9.53 Å². The van der Waals surface area contributed by atoms with Crippen LogP contribution in [0.15, 0.2) is 4.99 Å². The average molecular weight is 413 g/mol. The van der Waals surface area contributed by atoms with Crippen LogP contribution in [-0.4, -0.2) is 69.2 Å². The lowest BCUT2D eigenvalue weighted by molar-refractivity contribution is -0.124. The minimum atomic E-state index is -0.337. The number of nitrogens with zero attached hydrogens (tertiary/aromatic N) is 2. The van der Waals surface area contributed by atoms with Crippen LogP contribution in [0.5, 0.6) is 0 Å². The molecule has 21 heavy (non-hydrogen) atoms. The van der Waals surface area contributed by atoms with Crippen molar-refractivity contribution in [2.75, 3.05) is 46.4 Å². The van der Waals surface area contributed by atoms with E-state index in [1.807, 2.05) is 6.92 Å². The molecule has 0 radical (unpaired) electrons. The van der Waals surface area contributed by atoms with Crippen LogP contribution in [0.25, 0.3) is 0 Å². The molecule has 1 fully saturated rings. The number of hydrogen-bond donors (Lipinski definition) is 3. The summed E-state index contributed by atoms with van der Waals surface area (Å²) in [6.45, 7) is 5.02. The van der Waals surface area contributed by atoms with Gasteiger partial charge >= 0.3 is 6.03 Å². The van der Waals surface area contributed by atoms with E-state index >= 15 is 0 Å². The number of amides is 3. The van der Waals surface area contributed by atoms with Gasteiger partial charge in [0.1, 0.15) is 0 Å². The number of urea groups is 1. The monoisotopic (exact) mass is 413 g/mol. The van der Waals surface area contributed by atoms with E-state index < -0.39 is 0 Å². The number of imide groups is 1. The van der Waals surface area contributed by atoms with Crippen LogP contribution in [0.1, 0.15) is 13.3 Å². The molecule has 0 aromatic carbocycles. The molecule has 0 aromatic heterocycles. The van der Waals surface area contributed by atoms with Gasteiger partial charge in [-0.2, -0.15) is 0 Å². The molecule has 122 valence electrons. The molecule has 0 spiro atoms. The van der Waals surface area contributed by atoms with Crippen molar-refractivity contribution in [3.05, 3.63) is 0 Å². The maximum Gasteiger partial charge on any atom is 0.324 e. The Balaban J connectivity index is 0.00000400. The van der Waals surface area contributed by atoms with Crippen LogP contribution < -0.4 is 16.0 Å². The van der Waals surface area contributed by atoms with Crippen LogP contribution in [0.4, 0.5) is 4.79 Å². The Bertz CT molecular complexity index is 349. The molecule has 1 aliphatic rings. The SMILES string of the molecule is CCOCCCNC(=NC)NCCN1C(=O)CNC1=O.I. The highest BCUT2D eigenvalue weighted by Crippen LogP contribution is 1.96. The number of rotatable bonds is 8. The molecule has 3 N–H and O–H groups in total. The standard InChI is InChI=1S/C12H23N5O3.HI/c1-3-20-8-4-5-14-11(13-2)15-6-7-17-10(18)9-16-12(17)19;/h3-9H2,1-2H3,(H,16,19)(H2,13,14,15);1H. The number of ether oxygens (including phenoxy) is 1. The minimum absolute atomic E-state index is 0. The van der Waals surface area contributed by atoms with E-state index in [1.165, 1.54) is 4.90 Å². The number of carbonyl (C=O) groups is 2. The van der Waals surface area contributed by atoms with Crippen LogP contribution >= 0.6 is 24.0 Å². The molecule has 0 unspecified atom stereocenters. The van der Waals surface area contributed by atoms with Crippen molar-refractivity contribution >= 4 is 41.9 Å². The number of hydrogen-bond acceptors (Lipinski definition) is 4. The molecule has 9 heteroatoms. The first-order valence-electron chi connectivity index (χ1n) is 6.79. The van der Waals surface area contributed by atoms with Gasteiger partial charge in [0.2, 0.25) is 5.91 Å². The van der Waals surface area contributed by atoms with Crippen LogP contribution in [0, 0.1) is 0 Å². The van der Waals surface area contributed by atoms with Crippen molar-refractivity contribution in [3.8, 4) is 0 Å². The molecule has 8 nitrogen and oxygen atoms in total. The van der Waals surface area contributed by atoms with Crippen molar-refractivity contribution in [2.45, 2.75) is 13.3 Å². The number of carbonyl (C=O) groups excluding carboxylic acids is 2. The summed E-state index contributed by atoms with van der Waals surface area (Å²) in [5.41, 5.74) is 0. The summed E-state index contributed by atoms with van der Waals surface area (Å²) < 4.78 is 5.23. The maximum atomic E-state index is 11.4. The summed E-state index contributed by atoms with van der Waals surface area (Å²) >= 11 is 0. The van der Waals surface area contributed by atoms with Gasteiger partial charge in [-0.15, -0.1) is 24.0 Å². The lowest BCUT2D eigenvalue weighted by Crippen LogP contribution is -2.43. The van der Waals surface area contributed by atoms with Crippen LogP contribution in [0.3, 0.4) is 0 Å². The first-order valence-corrected chi connectivity index (χ1v) is 6.79. The molecule has 0 bridgehead atoms. The van der Waals surface area contributed by atoms with Gasteiger partial charge in [-0.1, -0.05) is 0 Å². The Morgan fingerprint density at radius 3 is 2.67 bits per heavy atom. The van der Waals surface area contributed by atoms with E-state index in [4.69, 9.17) is 4.74 Å². The third-order valence-electron chi connectivity index (χ3n) is 2.75. The van der Waals surface area contributed by atoms with E-state index in [1.54, 1.807) is 7.05 Å². The lowest BCUT2D eigenvalue weighted by Gasteiger charge is -2.15. The number of nitrogens with one attached hydrogen (secondary N) is 3. The predicted molar refractivity (Wildman–Crippen MR) is 91.0 cm³/mol. The molecule has 1 saturated heterocycles. The van der Waals surface area contributed by atoms with E-state index in [0.29, 0.717) is 25.7 Å². The summed E-state index contributed by atoms with van der Waals surface area (Å²) in [7, 11) is 1.67. The Morgan fingerprint density at radius 2 is 2.10 bits per heavy atom. The first kappa shape index (κ1) is 19.9. The van der Waals surface area contributed by atoms with Gasteiger partial charge in [-0.3, -0.25) is 14.7 Å². The summed E-state index contributed by atoms with van der Waals surface area (Å²) in [5, 5.41) is 8.66. The predicted octanol–water partition coefficient (Wildman–Crippen LogP) is -0.252. The second kappa shape index (κ2) is 11.5. The second-order valence-corrected chi connectivity index (χ2v) is 4.18. The largest absolute Gasteiger partial charge is 0.382 e. The van der Waals surface area contributed by atoms with E-state index in [-0.39, 0.29) is 42.5 Å². The normalized spacial score (nSPS) is 14.8. The molecular weight excluding hydrogens is 389 g/mol. The molecule has 1 heterocycles. The van der Waals surface area contributed by atoms with Gasteiger partial charge in [0.25, 0.3) is 0 Å². The first-order chi connectivity index (χ1) is 9.69. The van der Waals surface area contributed by atoms with Gasteiger partial charge in [-0.25, -0.2) is 4.79 Å². The van der Waals surface area contributed by atoms with Gasteiger partial charge in [-0.05, 0) is 13.3 Å². The maximum absolute atomic E-state index is 11.4. The molecule has 0 atom stereocenters. The van der Waals surface area contributed by atoms with Gasteiger partial charge in [0.05, 0.1) is 6.54 Å². The average Bonchev–Trinajstić information content (AvgIpc) is 2.76. The fraction of sp³-hybridized carbons (Fsp3) is 0.750. The van der Waals surface area contributed by atoms with Crippen molar-refractivity contribution in [1.29, 1.82) is 0 Å². The fourth-order valence-electron chi connectivity index (χ4n) is 1.71. The highest BCUT2D eigenvalue weighted by Gasteiger charge is 2.27. The Morgan fingerprint density at radius 1 is 1.38 bits per heavy atom. The molecular formula is C12H24IN5O3. The zero-order chi connectivity index (χ0) is 14.8. The third kappa shape index (κ3) is 7.46. The fourth-order valence-corrected chi connectivity index (χ4v) is 1.71. The highest BCUT2D eigenvalue weighted by molar-refractivity contribution is 14.0. The van der Waals surface area contributed by atoms with Gasteiger partial charge in [0, 0.05) is 39.9 Å². The Hall–Kier alpha value is -1.10. The number of guanidine groups is 1. The molecule has 1 aliphatic heterocycles. The van der Waals surface area contributed by atoms with Crippen molar-refractivity contribution < 1.29 is 14.3 Å². The Labute approximate surface area is 142 Å². The summed E-state index contributed by atoms with van der Waals surface area (Å²) in [4.78, 5) is 27.9. The lowest BCUT2D eigenvalue weighted by atomic mass is 10.4. The second-order valence-electron chi connectivity index (χ2n) is 4.18. The molecule has 0 aromatic rings. The summed E-state index contributed by atoms with van der Waals surface area (Å²) in [5.74, 6) is 0.449. The Kier molecular flexibility index (Phi) is 10.9. The van der Waals surface area contributed by atoms with Crippen LogP contribution in [0.2, 0.25) is 0 Å². The number of halogens is 1. The topological polar surface area (TPSA) is 95.1 Å². The van der Waals surface area contributed by atoms with Crippen molar-refractivity contribution in [2.24, 2.45) is 4.99 Å². The molecule has 1 rings (SSSR count). The smallest absolute Gasteiger partial charge is 0.324 e. The van der Waals surface area contributed by atoms with E-state index in [9.17, 15) is 9.59 Å². The molecule has 3 amide bonds. The highest BCUT2D eigenvalue weighted by atomic mass is 127. The van der Waals surface area contributed by atoms with Gasteiger partial charge < -0.3 is 20.7 Å². The quantitative estimate of drug-likeness (QED) is 0.168. The zero-order valence-corrected chi connectivity index (χ0v) is 14.8.